The first-order valence-electron chi connectivity index (χ1n) is 8.59. The van der Waals surface area contributed by atoms with Gasteiger partial charge in [0.2, 0.25) is 0 Å². The summed E-state index contributed by atoms with van der Waals surface area (Å²) < 4.78 is 5.26. The molecular formula is C18H30N2O2S. The van der Waals surface area contributed by atoms with Gasteiger partial charge in [0, 0.05) is 28.4 Å². The van der Waals surface area contributed by atoms with Crippen molar-refractivity contribution in [3.63, 3.8) is 0 Å². The molecule has 1 amide bonds. The Balaban J connectivity index is 1.79. The molecule has 0 saturated heterocycles. The van der Waals surface area contributed by atoms with Gasteiger partial charge >= 0.3 is 6.09 Å². The van der Waals surface area contributed by atoms with Gasteiger partial charge in [-0.3, -0.25) is 0 Å². The molecule has 5 heteroatoms. The molecule has 0 aromatic carbocycles. The Morgan fingerprint density at radius 1 is 1.30 bits per heavy atom. The average molecular weight is 339 g/mol. The van der Waals surface area contributed by atoms with Crippen molar-refractivity contribution in [2.24, 2.45) is 0 Å². The number of thiophene rings is 1. The first-order chi connectivity index (χ1) is 10.7. The number of nitrogens with one attached hydrogen (secondary N) is 2. The molecule has 23 heavy (non-hydrogen) atoms. The fourth-order valence-electron chi connectivity index (χ4n) is 2.85. The van der Waals surface area contributed by atoms with Crippen molar-refractivity contribution in [1.82, 2.24) is 10.6 Å². The molecule has 1 aromatic heterocycles. The predicted octanol–water partition coefficient (Wildman–Crippen LogP) is 4.19. The Morgan fingerprint density at radius 3 is 2.65 bits per heavy atom. The van der Waals surface area contributed by atoms with Crippen molar-refractivity contribution < 1.29 is 9.53 Å². The fourth-order valence-corrected chi connectivity index (χ4v) is 4.11. The molecule has 130 valence electrons. The van der Waals surface area contributed by atoms with Crippen LogP contribution in [0.3, 0.4) is 0 Å². The van der Waals surface area contributed by atoms with Gasteiger partial charge in [-0.2, -0.15) is 0 Å². The molecule has 1 aliphatic carbocycles. The highest BCUT2D eigenvalue weighted by Gasteiger charge is 2.19. The molecule has 4 nitrogen and oxygen atoms in total. The van der Waals surface area contributed by atoms with Gasteiger partial charge < -0.3 is 15.4 Å². The molecule has 0 saturated carbocycles. The number of hydrogen-bond acceptors (Lipinski definition) is 4. The lowest BCUT2D eigenvalue weighted by atomic mass is 9.99. The molecule has 0 aliphatic heterocycles. The summed E-state index contributed by atoms with van der Waals surface area (Å²) in [4.78, 5) is 14.7. The van der Waals surface area contributed by atoms with E-state index >= 15 is 0 Å². The molecule has 2 atom stereocenters. The van der Waals surface area contributed by atoms with Crippen molar-refractivity contribution >= 4 is 17.4 Å². The number of amides is 1. The van der Waals surface area contributed by atoms with Crippen LogP contribution in [0.4, 0.5) is 4.79 Å². The first kappa shape index (κ1) is 18.3. The molecule has 0 fully saturated rings. The minimum Gasteiger partial charge on any atom is -0.444 e. The van der Waals surface area contributed by atoms with E-state index < -0.39 is 5.60 Å². The van der Waals surface area contributed by atoms with Crippen molar-refractivity contribution in [3.05, 3.63) is 21.4 Å². The molecule has 0 bridgehead atoms. The van der Waals surface area contributed by atoms with Crippen LogP contribution in [0.2, 0.25) is 0 Å². The molecule has 0 radical (unpaired) electrons. The minimum atomic E-state index is -0.454. The molecule has 2 N–H and O–H groups in total. The zero-order chi connectivity index (χ0) is 17.0. The van der Waals surface area contributed by atoms with Crippen LogP contribution in [-0.4, -0.2) is 24.3 Å². The lowest BCUT2D eigenvalue weighted by Gasteiger charge is -2.22. The summed E-state index contributed by atoms with van der Waals surface area (Å²) >= 11 is 1.94. The van der Waals surface area contributed by atoms with Crippen LogP contribution in [0, 0.1) is 0 Å². The summed E-state index contributed by atoms with van der Waals surface area (Å²) in [6, 6.07) is 2.86. The Morgan fingerprint density at radius 2 is 2.00 bits per heavy atom. The minimum absolute atomic E-state index is 0.191. The van der Waals surface area contributed by atoms with Crippen molar-refractivity contribution in [3.8, 4) is 0 Å². The van der Waals surface area contributed by atoms with E-state index in [0.717, 1.165) is 0 Å². The zero-order valence-corrected chi connectivity index (χ0v) is 15.8. The standard InChI is InChI=1S/C18H30N2O2S/c1-12(11-19-17(21)22-18(3,4)5)20-13(2)16-10-14-8-6-7-9-15(14)23-16/h10,12-13,20H,6-9,11H2,1-5H3,(H,19,21). The van der Waals surface area contributed by atoms with E-state index in [1.165, 1.54) is 30.6 Å². The lowest BCUT2D eigenvalue weighted by Crippen LogP contribution is -2.41. The highest BCUT2D eigenvalue weighted by molar-refractivity contribution is 7.12. The first-order valence-corrected chi connectivity index (χ1v) is 9.40. The normalized spacial score (nSPS) is 17.3. The predicted molar refractivity (Wildman–Crippen MR) is 96.2 cm³/mol. The number of alkyl carbamates (subject to hydrolysis) is 1. The van der Waals surface area contributed by atoms with E-state index in [-0.39, 0.29) is 12.1 Å². The van der Waals surface area contributed by atoms with Crippen molar-refractivity contribution in [1.29, 1.82) is 0 Å². The largest absolute Gasteiger partial charge is 0.444 e. The second-order valence-electron chi connectivity index (χ2n) is 7.48. The van der Waals surface area contributed by atoms with E-state index in [4.69, 9.17) is 4.74 Å². The van der Waals surface area contributed by atoms with E-state index in [1.54, 1.807) is 10.4 Å². The van der Waals surface area contributed by atoms with E-state index in [1.807, 2.05) is 32.1 Å². The molecule has 2 unspecified atom stereocenters. The second kappa shape index (κ2) is 7.67. The number of rotatable bonds is 5. The summed E-state index contributed by atoms with van der Waals surface area (Å²) in [5, 5.41) is 6.39. The van der Waals surface area contributed by atoms with Crippen LogP contribution in [0.15, 0.2) is 6.07 Å². The molecule has 1 aliphatic rings. The number of hydrogen-bond donors (Lipinski definition) is 2. The molecular weight excluding hydrogens is 308 g/mol. The third kappa shape index (κ3) is 5.81. The summed E-state index contributed by atoms with van der Waals surface area (Å²) in [6.45, 7) is 10.5. The number of fused-ring (bicyclic) bond motifs is 1. The van der Waals surface area contributed by atoms with Gasteiger partial charge in [0.1, 0.15) is 5.60 Å². The van der Waals surface area contributed by atoms with Gasteiger partial charge in [-0.25, -0.2) is 4.79 Å². The Kier molecular flexibility index (Phi) is 6.09. The highest BCUT2D eigenvalue weighted by Crippen LogP contribution is 2.32. The molecule has 0 spiro atoms. The summed E-state index contributed by atoms with van der Waals surface area (Å²) in [6.07, 6.45) is 4.76. The van der Waals surface area contributed by atoms with E-state index in [0.29, 0.717) is 12.6 Å². The van der Waals surface area contributed by atoms with Gasteiger partial charge in [-0.1, -0.05) is 0 Å². The van der Waals surface area contributed by atoms with E-state index in [9.17, 15) is 4.79 Å². The number of carbonyl (C=O) groups is 1. The van der Waals surface area contributed by atoms with Crippen LogP contribution in [0.25, 0.3) is 0 Å². The van der Waals surface area contributed by atoms with Gasteiger partial charge in [0.25, 0.3) is 0 Å². The van der Waals surface area contributed by atoms with Crippen LogP contribution in [-0.2, 0) is 17.6 Å². The maximum absolute atomic E-state index is 11.7. The van der Waals surface area contributed by atoms with Gasteiger partial charge in [0.15, 0.2) is 0 Å². The number of ether oxygens (including phenoxy) is 1. The average Bonchev–Trinajstić information content (AvgIpc) is 2.87. The SMILES string of the molecule is CC(CNC(=O)OC(C)(C)C)NC(C)c1cc2c(s1)CCCC2. The van der Waals surface area contributed by atoms with Crippen LogP contribution in [0.5, 0.6) is 0 Å². The number of aryl methyl sites for hydroxylation is 2. The Bertz CT molecular complexity index is 510. The highest BCUT2D eigenvalue weighted by atomic mass is 32.1. The van der Waals surface area contributed by atoms with Crippen LogP contribution in [0.1, 0.15) is 68.8 Å². The summed E-state index contributed by atoms with van der Waals surface area (Å²) in [5.74, 6) is 0. The summed E-state index contributed by atoms with van der Waals surface area (Å²) in [5.41, 5.74) is 1.09. The Labute approximate surface area is 144 Å². The zero-order valence-electron chi connectivity index (χ0n) is 15.0. The third-order valence-electron chi connectivity index (χ3n) is 3.93. The summed E-state index contributed by atoms with van der Waals surface area (Å²) in [7, 11) is 0. The van der Waals surface area contributed by atoms with Crippen LogP contribution < -0.4 is 10.6 Å². The maximum Gasteiger partial charge on any atom is 0.407 e. The van der Waals surface area contributed by atoms with Crippen molar-refractivity contribution in [2.75, 3.05) is 6.54 Å². The molecule has 2 rings (SSSR count). The second-order valence-corrected chi connectivity index (χ2v) is 8.64. The smallest absolute Gasteiger partial charge is 0.407 e. The molecule has 1 aromatic rings. The topological polar surface area (TPSA) is 50.4 Å². The lowest BCUT2D eigenvalue weighted by molar-refractivity contribution is 0.0522. The quantitative estimate of drug-likeness (QED) is 0.846. The third-order valence-corrected chi connectivity index (χ3v) is 5.35. The van der Waals surface area contributed by atoms with Crippen molar-refractivity contribution in [2.45, 2.75) is 78.0 Å². The van der Waals surface area contributed by atoms with Crippen LogP contribution >= 0.6 is 11.3 Å². The molecule has 1 heterocycles. The monoisotopic (exact) mass is 338 g/mol. The van der Waals surface area contributed by atoms with E-state index in [2.05, 4.69) is 30.5 Å². The van der Waals surface area contributed by atoms with Gasteiger partial charge in [-0.15, -0.1) is 11.3 Å². The maximum atomic E-state index is 11.7. The van der Waals surface area contributed by atoms with Gasteiger partial charge in [-0.05, 0) is 71.9 Å². The van der Waals surface area contributed by atoms with Gasteiger partial charge in [0.05, 0.1) is 0 Å². The Hall–Kier alpha value is -1.07. The number of carbonyl (C=O) groups excluding carboxylic acids is 1. The fraction of sp³-hybridized carbons (Fsp3) is 0.722.